The molecule has 1 aliphatic heterocycles. The van der Waals surface area contributed by atoms with E-state index in [0.717, 1.165) is 37.6 Å². The van der Waals surface area contributed by atoms with Crippen LogP contribution in [0.25, 0.3) is 0 Å². The molecule has 1 saturated heterocycles. The molecule has 0 spiro atoms. The van der Waals surface area contributed by atoms with Gasteiger partial charge >= 0.3 is 7.12 Å². The second-order valence-electron chi connectivity index (χ2n) is 4.23. The van der Waals surface area contributed by atoms with Crippen molar-refractivity contribution in [3.05, 3.63) is 29.6 Å². The van der Waals surface area contributed by atoms with Gasteiger partial charge in [0, 0.05) is 6.54 Å². The summed E-state index contributed by atoms with van der Waals surface area (Å²) in [7, 11) is -1.61. The lowest BCUT2D eigenvalue weighted by atomic mass is 9.77. The topological polar surface area (TPSA) is 52.5 Å². The Kier molecular flexibility index (Phi) is 3.58. The average molecular weight is 223 g/mol. The van der Waals surface area contributed by atoms with Gasteiger partial charge in [-0.3, -0.25) is 0 Å². The van der Waals surface area contributed by atoms with Gasteiger partial charge in [0.1, 0.15) is 5.82 Å². The first-order valence-corrected chi connectivity index (χ1v) is 5.54. The maximum Gasteiger partial charge on any atom is 0.488 e. The van der Waals surface area contributed by atoms with Crippen LogP contribution in [0, 0.1) is 5.82 Å². The van der Waals surface area contributed by atoms with Crippen LogP contribution in [0.5, 0.6) is 0 Å². The zero-order chi connectivity index (χ0) is 11.5. The van der Waals surface area contributed by atoms with Crippen molar-refractivity contribution >= 4 is 12.6 Å². The summed E-state index contributed by atoms with van der Waals surface area (Å²) in [6.45, 7) is 1.83. The standard InChI is InChI=1S/C11H15BFNO2/c13-11-5-9(4-10(6-11)12(15)16)8-2-1-3-14-7-8/h4-6,8,14-16H,1-3,7H2. The van der Waals surface area contributed by atoms with E-state index < -0.39 is 12.9 Å². The van der Waals surface area contributed by atoms with E-state index in [9.17, 15) is 4.39 Å². The van der Waals surface area contributed by atoms with E-state index in [1.54, 1.807) is 6.07 Å². The number of nitrogens with one attached hydrogen (secondary N) is 1. The lowest BCUT2D eigenvalue weighted by molar-refractivity contribution is 0.425. The smallest absolute Gasteiger partial charge is 0.423 e. The van der Waals surface area contributed by atoms with Crippen LogP contribution in [0.15, 0.2) is 18.2 Å². The van der Waals surface area contributed by atoms with Crippen LogP contribution in [-0.4, -0.2) is 30.3 Å². The summed E-state index contributed by atoms with van der Waals surface area (Å²) >= 11 is 0. The number of halogens is 1. The zero-order valence-corrected chi connectivity index (χ0v) is 8.99. The summed E-state index contributed by atoms with van der Waals surface area (Å²) < 4.78 is 13.3. The molecule has 1 aromatic rings. The molecule has 1 fully saturated rings. The molecule has 86 valence electrons. The molecule has 16 heavy (non-hydrogen) atoms. The lowest BCUT2D eigenvalue weighted by Crippen LogP contribution is -2.33. The molecule has 1 aliphatic rings. The highest BCUT2D eigenvalue weighted by Crippen LogP contribution is 2.22. The summed E-state index contributed by atoms with van der Waals surface area (Å²) in [5.41, 5.74) is 1.07. The Labute approximate surface area is 94.4 Å². The van der Waals surface area contributed by atoms with E-state index in [-0.39, 0.29) is 11.4 Å². The van der Waals surface area contributed by atoms with Gasteiger partial charge in [0.2, 0.25) is 0 Å². The molecule has 1 atom stereocenters. The Hall–Kier alpha value is -0.905. The van der Waals surface area contributed by atoms with Gasteiger partial charge in [-0.1, -0.05) is 6.07 Å². The van der Waals surface area contributed by atoms with Crippen molar-refractivity contribution in [3.63, 3.8) is 0 Å². The predicted octanol–water partition coefficient (Wildman–Crippen LogP) is -0.0275. The van der Waals surface area contributed by atoms with Crippen molar-refractivity contribution in [3.8, 4) is 0 Å². The molecule has 1 aromatic carbocycles. The molecule has 0 aromatic heterocycles. The number of hydrogen-bond donors (Lipinski definition) is 3. The van der Waals surface area contributed by atoms with Crippen molar-refractivity contribution in [2.45, 2.75) is 18.8 Å². The van der Waals surface area contributed by atoms with Crippen molar-refractivity contribution in [1.29, 1.82) is 0 Å². The lowest BCUT2D eigenvalue weighted by Gasteiger charge is -2.23. The van der Waals surface area contributed by atoms with Crippen molar-refractivity contribution in [1.82, 2.24) is 5.32 Å². The molecule has 0 bridgehead atoms. The SMILES string of the molecule is OB(O)c1cc(F)cc(C2CCCNC2)c1. The van der Waals surface area contributed by atoms with E-state index >= 15 is 0 Å². The van der Waals surface area contributed by atoms with Crippen LogP contribution in [0.3, 0.4) is 0 Å². The third-order valence-electron chi connectivity index (χ3n) is 3.01. The molecule has 1 unspecified atom stereocenters. The van der Waals surface area contributed by atoms with Gasteiger partial charge in [-0.15, -0.1) is 0 Å². The molecule has 0 amide bonds. The molecule has 2 rings (SSSR count). The monoisotopic (exact) mass is 223 g/mol. The Morgan fingerprint density at radius 2 is 2.12 bits per heavy atom. The highest BCUT2D eigenvalue weighted by Gasteiger charge is 2.19. The van der Waals surface area contributed by atoms with Gasteiger partial charge in [0.05, 0.1) is 0 Å². The molecular weight excluding hydrogens is 208 g/mol. The van der Waals surface area contributed by atoms with E-state index in [2.05, 4.69) is 5.32 Å². The molecule has 3 N–H and O–H groups in total. The van der Waals surface area contributed by atoms with E-state index in [4.69, 9.17) is 10.0 Å². The van der Waals surface area contributed by atoms with Crippen LogP contribution in [0.2, 0.25) is 0 Å². The Morgan fingerprint density at radius 1 is 1.31 bits per heavy atom. The largest absolute Gasteiger partial charge is 0.488 e. The number of benzene rings is 1. The molecule has 0 saturated carbocycles. The van der Waals surface area contributed by atoms with Gasteiger partial charge in [-0.2, -0.15) is 0 Å². The minimum atomic E-state index is -1.61. The Morgan fingerprint density at radius 3 is 2.75 bits per heavy atom. The van der Waals surface area contributed by atoms with Crippen molar-refractivity contribution in [2.24, 2.45) is 0 Å². The average Bonchev–Trinajstić information content (AvgIpc) is 2.29. The fourth-order valence-electron chi connectivity index (χ4n) is 2.16. The summed E-state index contributed by atoms with van der Waals surface area (Å²) in [4.78, 5) is 0. The van der Waals surface area contributed by atoms with Crippen LogP contribution < -0.4 is 10.8 Å². The number of hydrogen-bond acceptors (Lipinski definition) is 3. The molecular formula is C11H15BFNO2. The van der Waals surface area contributed by atoms with Gasteiger partial charge < -0.3 is 15.4 Å². The predicted molar refractivity (Wildman–Crippen MR) is 61.1 cm³/mol. The fourth-order valence-corrected chi connectivity index (χ4v) is 2.16. The first-order valence-electron chi connectivity index (χ1n) is 5.54. The Balaban J connectivity index is 2.25. The molecule has 1 heterocycles. The normalized spacial score (nSPS) is 20.8. The fraction of sp³-hybridized carbons (Fsp3) is 0.455. The first kappa shape index (κ1) is 11.6. The second-order valence-corrected chi connectivity index (χ2v) is 4.23. The maximum atomic E-state index is 13.3. The van der Waals surface area contributed by atoms with Crippen LogP contribution in [0.4, 0.5) is 4.39 Å². The summed E-state index contributed by atoms with van der Waals surface area (Å²) in [6.07, 6.45) is 2.08. The van der Waals surface area contributed by atoms with Crippen molar-refractivity contribution < 1.29 is 14.4 Å². The summed E-state index contributed by atoms with van der Waals surface area (Å²) in [5.74, 6) is -0.145. The molecule has 0 radical (unpaired) electrons. The third-order valence-corrected chi connectivity index (χ3v) is 3.01. The maximum absolute atomic E-state index is 13.3. The third kappa shape index (κ3) is 2.61. The van der Waals surface area contributed by atoms with Crippen molar-refractivity contribution in [2.75, 3.05) is 13.1 Å². The number of piperidine rings is 1. The van der Waals surface area contributed by atoms with E-state index in [1.807, 2.05) is 0 Å². The van der Waals surface area contributed by atoms with Gasteiger partial charge in [-0.25, -0.2) is 4.39 Å². The van der Waals surface area contributed by atoms with Gasteiger partial charge in [0.15, 0.2) is 0 Å². The molecule has 3 nitrogen and oxygen atoms in total. The highest BCUT2D eigenvalue weighted by atomic mass is 19.1. The minimum Gasteiger partial charge on any atom is -0.423 e. The summed E-state index contributed by atoms with van der Waals surface area (Å²) in [5, 5.41) is 21.3. The van der Waals surface area contributed by atoms with Crippen LogP contribution in [0.1, 0.15) is 24.3 Å². The van der Waals surface area contributed by atoms with Crippen LogP contribution in [-0.2, 0) is 0 Å². The first-order chi connectivity index (χ1) is 7.66. The zero-order valence-electron chi connectivity index (χ0n) is 8.99. The molecule has 5 heteroatoms. The van der Waals surface area contributed by atoms with E-state index in [1.165, 1.54) is 6.07 Å². The number of rotatable bonds is 2. The Bertz CT molecular complexity index is 367. The van der Waals surface area contributed by atoms with Gasteiger partial charge in [-0.05, 0) is 48.5 Å². The van der Waals surface area contributed by atoms with Crippen LogP contribution >= 0.6 is 0 Å². The van der Waals surface area contributed by atoms with E-state index in [0.29, 0.717) is 0 Å². The quantitative estimate of drug-likeness (QED) is 0.617. The molecule has 0 aliphatic carbocycles. The van der Waals surface area contributed by atoms with Gasteiger partial charge in [0.25, 0.3) is 0 Å². The minimum absolute atomic E-state index is 0.223. The summed E-state index contributed by atoms with van der Waals surface area (Å²) in [6, 6.07) is 4.30. The second kappa shape index (κ2) is 4.95. The highest BCUT2D eigenvalue weighted by molar-refractivity contribution is 6.58.